The smallest absolute Gasteiger partial charge is 0.339 e. The van der Waals surface area contributed by atoms with Crippen molar-refractivity contribution in [3.8, 4) is 17.0 Å². The van der Waals surface area contributed by atoms with E-state index in [2.05, 4.69) is 0 Å². The van der Waals surface area contributed by atoms with Crippen LogP contribution in [0.25, 0.3) is 22.2 Å². The summed E-state index contributed by atoms with van der Waals surface area (Å²) in [6, 6.07) is 16.7. The first-order valence-electron chi connectivity index (χ1n) is 10.6. The molecule has 0 N–H and O–H groups in total. The van der Waals surface area contributed by atoms with Crippen molar-refractivity contribution in [1.82, 2.24) is 9.88 Å². The van der Waals surface area contributed by atoms with Crippen LogP contribution >= 0.6 is 0 Å². The summed E-state index contributed by atoms with van der Waals surface area (Å²) in [6.07, 6.45) is 2.29. The first-order valence-corrected chi connectivity index (χ1v) is 10.6. The van der Waals surface area contributed by atoms with Gasteiger partial charge in [-0.3, -0.25) is 4.79 Å². The maximum absolute atomic E-state index is 13.1. The minimum absolute atomic E-state index is 0.137. The zero-order valence-electron chi connectivity index (χ0n) is 17.8. The van der Waals surface area contributed by atoms with Crippen molar-refractivity contribution in [2.75, 3.05) is 20.2 Å². The second kappa shape index (κ2) is 9.16. The number of carbonyl (C=O) groups excluding carboxylic acids is 2. The number of pyridine rings is 1. The molecule has 0 unspecified atom stereocenters. The molecule has 0 bridgehead atoms. The second-order valence-corrected chi connectivity index (χ2v) is 7.73. The van der Waals surface area contributed by atoms with Gasteiger partial charge in [-0.15, -0.1) is 0 Å². The number of para-hydroxylation sites is 1. The predicted molar refractivity (Wildman–Crippen MR) is 119 cm³/mol. The lowest BCUT2D eigenvalue weighted by Gasteiger charge is -2.29. The number of fused-ring (bicyclic) bond motifs is 1. The van der Waals surface area contributed by atoms with Gasteiger partial charge < -0.3 is 14.4 Å². The number of piperidine rings is 1. The monoisotopic (exact) mass is 418 g/mol. The van der Waals surface area contributed by atoms with E-state index in [9.17, 15) is 9.59 Å². The highest BCUT2D eigenvalue weighted by Crippen LogP contribution is 2.27. The van der Waals surface area contributed by atoms with Gasteiger partial charge >= 0.3 is 5.97 Å². The molecular formula is C25H26N2O4. The molecule has 1 amide bonds. The van der Waals surface area contributed by atoms with Crippen molar-refractivity contribution >= 4 is 22.8 Å². The minimum Gasteiger partial charge on any atom is -0.497 e. The Morgan fingerprint density at radius 3 is 2.42 bits per heavy atom. The molecule has 31 heavy (non-hydrogen) atoms. The van der Waals surface area contributed by atoms with E-state index in [0.29, 0.717) is 22.2 Å². The molecule has 4 rings (SSSR count). The lowest BCUT2D eigenvalue weighted by molar-refractivity contribution is -0.140. The Morgan fingerprint density at radius 1 is 1.00 bits per heavy atom. The molecular weight excluding hydrogens is 392 g/mol. The van der Waals surface area contributed by atoms with E-state index in [1.54, 1.807) is 25.0 Å². The van der Waals surface area contributed by atoms with Crippen LogP contribution in [0.15, 0.2) is 54.6 Å². The average Bonchev–Trinajstić information content (AvgIpc) is 2.83. The van der Waals surface area contributed by atoms with Gasteiger partial charge in [0.25, 0.3) is 5.91 Å². The number of aromatic nitrogens is 1. The van der Waals surface area contributed by atoms with Gasteiger partial charge in [-0.05, 0) is 62.6 Å². The quantitative estimate of drug-likeness (QED) is 0.572. The Labute approximate surface area is 181 Å². The molecule has 0 radical (unpaired) electrons. The third kappa shape index (κ3) is 4.53. The van der Waals surface area contributed by atoms with Gasteiger partial charge in [-0.25, -0.2) is 9.78 Å². The minimum atomic E-state index is -0.832. The second-order valence-electron chi connectivity index (χ2n) is 7.73. The molecule has 1 saturated heterocycles. The molecule has 1 atom stereocenters. The summed E-state index contributed by atoms with van der Waals surface area (Å²) < 4.78 is 10.8. The number of rotatable bonds is 5. The van der Waals surface area contributed by atoms with Gasteiger partial charge in [0.15, 0.2) is 6.10 Å². The highest BCUT2D eigenvalue weighted by molar-refractivity contribution is 6.05. The van der Waals surface area contributed by atoms with Gasteiger partial charge in [0.2, 0.25) is 0 Å². The normalized spacial score (nSPS) is 14.8. The van der Waals surface area contributed by atoms with E-state index in [-0.39, 0.29) is 5.91 Å². The van der Waals surface area contributed by atoms with Gasteiger partial charge in [-0.2, -0.15) is 0 Å². The fourth-order valence-electron chi connectivity index (χ4n) is 3.90. The topological polar surface area (TPSA) is 68.7 Å². The number of amides is 1. The van der Waals surface area contributed by atoms with Crippen LogP contribution in [-0.2, 0) is 9.53 Å². The maximum Gasteiger partial charge on any atom is 0.339 e. The number of ether oxygens (including phenoxy) is 2. The lowest BCUT2D eigenvalue weighted by atomic mass is 10.0. The van der Waals surface area contributed by atoms with Crippen LogP contribution in [0.1, 0.15) is 36.5 Å². The first-order chi connectivity index (χ1) is 15.1. The summed E-state index contributed by atoms with van der Waals surface area (Å²) in [7, 11) is 1.61. The van der Waals surface area contributed by atoms with Crippen molar-refractivity contribution < 1.29 is 19.1 Å². The van der Waals surface area contributed by atoms with Crippen molar-refractivity contribution in [1.29, 1.82) is 0 Å². The summed E-state index contributed by atoms with van der Waals surface area (Å²) in [5.74, 6) is 0.0854. The molecule has 6 heteroatoms. The zero-order valence-corrected chi connectivity index (χ0v) is 17.8. The molecule has 2 heterocycles. The summed E-state index contributed by atoms with van der Waals surface area (Å²) in [5.41, 5.74) is 2.61. The molecule has 0 saturated carbocycles. The number of carbonyl (C=O) groups is 2. The van der Waals surface area contributed by atoms with Gasteiger partial charge in [0.1, 0.15) is 5.75 Å². The van der Waals surface area contributed by atoms with Crippen LogP contribution in [0.4, 0.5) is 0 Å². The molecule has 160 valence electrons. The van der Waals surface area contributed by atoms with Crippen LogP contribution in [0.5, 0.6) is 5.75 Å². The molecule has 0 aliphatic carbocycles. The third-order valence-electron chi connectivity index (χ3n) is 5.62. The molecule has 1 aromatic heterocycles. The Hall–Kier alpha value is -3.41. The number of likely N-dealkylation sites (tertiary alicyclic amines) is 1. The van der Waals surface area contributed by atoms with E-state index < -0.39 is 12.1 Å². The largest absolute Gasteiger partial charge is 0.497 e. The Bertz CT molecular complexity index is 1090. The van der Waals surface area contributed by atoms with Crippen LogP contribution in [0.2, 0.25) is 0 Å². The zero-order chi connectivity index (χ0) is 21.8. The molecule has 2 aromatic carbocycles. The number of hydrogen-bond donors (Lipinski definition) is 0. The Balaban J connectivity index is 1.63. The molecule has 3 aromatic rings. The highest BCUT2D eigenvalue weighted by Gasteiger charge is 2.26. The van der Waals surface area contributed by atoms with Crippen LogP contribution in [0, 0.1) is 0 Å². The van der Waals surface area contributed by atoms with E-state index in [0.717, 1.165) is 43.7 Å². The lowest BCUT2D eigenvalue weighted by Crippen LogP contribution is -2.42. The SMILES string of the molecule is COc1ccc(-c2cc(C(=O)O[C@@H](C)C(=O)N3CCCCC3)c3ccccc3n2)cc1. The number of hydrogen-bond acceptors (Lipinski definition) is 5. The Kier molecular flexibility index (Phi) is 6.16. The van der Waals surface area contributed by atoms with Crippen LogP contribution in [-0.4, -0.2) is 48.1 Å². The summed E-state index contributed by atoms with van der Waals surface area (Å²) in [4.78, 5) is 32.3. The molecule has 6 nitrogen and oxygen atoms in total. The van der Waals surface area contributed by atoms with Gasteiger partial charge in [0.05, 0.1) is 23.9 Å². The highest BCUT2D eigenvalue weighted by atomic mass is 16.5. The first kappa shape index (κ1) is 20.8. The summed E-state index contributed by atoms with van der Waals surface area (Å²) >= 11 is 0. The number of methoxy groups -OCH3 is 1. The van der Waals surface area contributed by atoms with Gasteiger partial charge in [-0.1, -0.05) is 18.2 Å². The van der Waals surface area contributed by atoms with Crippen molar-refractivity contribution in [3.63, 3.8) is 0 Å². The fourth-order valence-corrected chi connectivity index (χ4v) is 3.90. The fraction of sp³-hybridized carbons (Fsp3) is 0.320. The van der Waals surface area contributed by atoms with Crippen molar-refractivity contribution in [2.45, 2.75) is 32.3 Å². The average molecular weight is 418 g/mol. The van der Waals surface area contributed by atoms with Crippen molar-refractivity contribution in [3.05, 3.63) is 60.2 Å². The standard InChI is InChI=1S/C25H26N2O4/c1-17(24(28)27-14-6-3-7-15-27)31-25(29)21-16-23(18-10-12-19(30-2)13-11-18)26-22-9-5-4-8-20(21)22/h4-5,8-13,16-17H,3,6-7,14-15H2,1-2H3/t17-/m0/s1. The van der Waals surface area contributed by atoms with Crippen LogP contribution in [0.3, 0.4) is 0 Å². The molecule has 0 spiro atoms. The van der Waals surface area contributed by atoms with Gasteiger partial charge in [0, 0.05) is 24.0 Å². The number of esters is 1. The van der Waals surface area contributed by atoms with Crippen molar-refractivity contribution in [2.24, 2.45) is 0 Å². The van der Waals surface area contributed by atoms with E-state index in [4.69, 9.17) is 14.5 Å². The Morgan fingerprint density at radius 2 is 1.71 bits per heavy atom. The number of benzene rings is 2. The molecule has 1 aliphatic heterocycles. The van der Waals surface area contributed by atoms with E-state index in [1.165, 1.54) is 0 Å². The van der Waals surface area contributed by atoms with E-state index >= 15 is 0 Å². The number of nitrogens with zero attached hydrogens (tertiary/aromatic N) is 2. The predicted octanol–water partition coefficient (Wildman–Crippen LogP) is 4.47. The van der Waals surface area contributed by atoms with E-state index in [1.807, 2.05) is 48.5 Å². The third-order valence-corrected chi connectivity index (χ3v) is 5.62. The summed E-state index contributed by atoms with van der Waals surface area (Å²) in [6.45, 7) is 3.09. The molecule has 1 aliphatic rings. The molecule has 1 fully saturated rings. The van der Waals surface area contributed by atoms with Crippen LogP contribution < -0.4 is 4.74 Å². The maximum atomic E-state index is 13.1. The summed E-state index contributed by atoms with van der Waals surface area (Å²) in [5, 5.41) is 0.697.